The van der Waals surface area contributed by atoms with E-state index in [2.05, 4.69) is 17.0 Å². The van der Waals surface area contributed by atoms with Gasteiger partial charge in [-0.25, -0.2) is 0 Å². The van der Waals surface area contributed by atoms with Crippen molar-refractivity contribution in [3.8, 4) is 0 Å². The van der Waals surface area contributed by atoms with Gasteiger partial charge in [-0.2, -0.15) is 0 Å². The molecule has 0 aromatic rings. The van der Waals surface area contributed by atoms with Gasteiger partial charge in [0.15, 0.2) is 5.78 Å². The van der Waals surface area contributed by atoms with Crippen molar-refractivity contribution < 1.29 is 14.3 Å². The van der Waals surface area contributed by atoms with Crippen LogP contribution in [-0.2, 0) is 14.3 Å². The molecule has 0 saturated heterocycles. The van der Waals surface area contributed by atoms with Gasteiger partial charge in [0.2, 0.25) is 0 Å². The summed E-state index contributed by atoms with van der Waals surface area (Å²) < 4.78 is 4.46. The van der Waals surface area contributed by atoms with Crippen molar-refractivity contribution in [2.24, 2.45) is 5.92 Å². The van der Waals surface area contributed by atoms with Gasteiger partial charge in [0.05, 0.1) is 7.11 Å². The van der Waals surface area contributed by atoms with E-state index >= 15 is 0 Å². The predicted octanol–water partition coefficient (Wildman–Crippen LogP) is 1.84. The second-order valence-electron chi connectivity index (χ2n) is 4.73. The van der Waals surface area contributed by atoms with Crippen molar-refractivity contribution in [3.63, 3.8) is 0 Å². The highest BCUT2D eigenvalue weighted by molar-refractivity contribution is 6.01. The van der Waals surface area contributed by atoms with Crippen LogP contribution in [0.3, 0.4) is 0 Å². The lowest BCUT2D eigenvalue weighted by Gasteiger charge is -2.17. The number of carbonyl (C=O) groups excluding carboxylic acids is 2. The zero-order valence-electron chi connectivity index (χ0n) is 11.3. The number of methoxy groups -OCH3 is 1. The monoisotopic (exact) mass is 253 g/mol. The summed E-state index contributed by atoms with van der Waals surface area (Å²) in [5.74, 6) is -0.238. The Morgan fingerprint density at radius 3 is 2.83 bits per heavy atom. The second kappa shape index (κ2) is 8.03. The first-order chi connectivity index (χ1) is 8.67. The minimum absolute atomic E-state index is 0.160. The van der Waals surface area contributed by atoms with Crippen LogP contribution in [-0.4, -0.2) is 31.4 Å². The molecule has 0 spiro atoms. The number of carbonyl (C=O) groups is 2. The van der Waals surface area contributed by atoms with E-state index in [-0.39, 0.29) is 12.2 Å². The quantitative estimate of drug-likeness (QED) is 0.427. The maximum Gasteiger partial charge on any atom is 0.313 e. The lowest BCUT2D eigenvalue weighted by molar-refractivity contribution is -0.142. The van der Waals surface area contributed by atoms with E-state index in [4.69, 9.17) is 0 Å². The molecule has 1 aliphatic carbocycles. The summed E-state index contributed by atoms with van der Waals surface area (Å²) in [6.07, 6.45) is 7.92. The highest BCUT2D eigenvalue weighted by Crippen LogP contribution is 2.26. The Hall–Kier alpha value is -1.16. The summed E-state index contributed by atoms with van der Waals surface area (Å²) in [5.41, 5.74) is 0. The number of ether oxygens (including phenoxy) is 1. The van der Waals surface area contributed by atoms with Gasteiger partial charge in [0.25, 0.3) is 0 Å². The topological polar surface area (TPSA) is 55.4 Å². The molecular formula is C14H23NO3. The molecule has 1 N–H and O–H groups in total. The first-order valence-electron chi connectivity index (χ1n) is 6.68. The van der Waals surface area contributed by atoms with Gasteiger partial charge < -0.3 is 10.1 Å². The molecule has 2 atom stereocenters. The molecule has 4 nitrogen and oxygen atoms in total. The molecule has 1 saturated carbocycles. The van der Waals surface area contributed by atoms with Gasteiger partial charge >= 0.3 is 5.97 Å². The molecule has 1 aliphatic rings. The van der Waals surface area contributed by atoms with Crippen molar-refractivity contribution in [1.29, 1.82) is 0 Å². The number of rotatable bonds is 7. The fourth-order valence-corrected chi connectivity index (χ4v) is 2.31. The molecule has 4 heteroatoms. The van der Waals surface area contributed by atoms with Crippen LogP contribution in [0.2, 0.25) is 0 Å². The van der Waals surface area contributed by atoms with E-state index in [9.17, 15) is 9.59 Å². The molecule has 0 aromatic heterocycles. The van der Waals surface area contributed by atoms with Crippen LogP contribution in [0.4, 0.5) is 0 Å². The summed E-state index contributed by atoms with van der Waals surface area (Å²) >= 11 is 0. The fraction of sp³-hybridized carbons (Fsp3) is 0.714. The normalized spacial score (nSPS) is 23.4. The van der Waals surface area contributed by atoms with Crippen LogP contribution in [0.5, 0.6) is 0 Å². The van der Waals surface area contributed by atoms with E-state index in [0.29, 0.717) is 12.0 Å². The van der Waals surface area contributed by atoms with Crippen LogP contribution in [0.15, 0.2) is 12.2 Å². The van der Waals surface area contributed by atoms with Gasteiger partial charge in [0.1, 0.15) is 6.42 Å². The third kappa shape index (κ3) is 5.00. The average Bonchev–Trinajstić information content (AvgIpc) is 2.81. The van der Waals surface area contributed by atoms with Crippen molar-refractivity contribution in [3.05, 3.63) is 12.2 Å². The predicted molar refractivity (Wildman–Crippen MR) is 70.2 cm³/mol. The number of ketones is 1. The highest BCUT2D eigenvalue weighted by atomic mass is 16.5. The number of allylic oxidation sites excluding steroid dienone is 1. The summed E-state index contributed by atoms with van der Waals surface area (Å²) in [6.45, 7) is 3.16. The van der Waals surface area contributed by atoms with Crippen molar-refractivity contribution in [1.82, 2.24) is 5.32 Å². The smallest absolute Gasteiger partial charge is 0.313 e. The largest absolute Gasteiger partial charge is 0.469 e. The van der Waals surface area contributed by atoms with Crippen LogP contribution in [0.1, 0.15) is 39.0 Å². The van der Waals surface area contributed by atoms with Crippen LogP contribution in [0, 0.1) is 5.92 Å². The molecule has 0 heterocycles. The molecule has 0 radical (unpaired) electrons. The summed E-state index contributed by atoms with van der Waals surface area (Å²) in [5, 5.41) is 3.50. The third-order valence-electron chi connectivity index (χ3n) is 3.30. The molecule has 0 amide bonds. The fourth-order valence-electron chi connectivity index (χ4n) is 2.31. The highest BCUT2D eigenvalue weighted by Gasteiger charge is 2.24. The number of hydrogen-bond donors (Lipinski definition) is 1. The number of nitrogens with one attached hydrogen (secondary N) is 1. The molecule has 1 rings (SSSR count). The number of hydrogen-bond acceptors (Lipinski definition) is 4. The minimum atomic E-state index is -0.475. The van der Waals surface area contributed by atoms with Crippen LogP contribution < -0.4 is 5.32 Å². The molecule has 2 unspecified atom stereocenters. The Balaban J connectivity index is 2.39. The molecule has 1 fully saturated rings. The Morgan fingerprint density at radius 1 is 1.39 bits per heavy atom. The lowest BCUT2D eigenvalue weighted by atomic mass is 10.0. The maximum absolute atomic E-state index is 11.5. The Kier molecular flexibility index (Phi) is 6.65. The standard InChI is InChI=1S/C14H23NO3/c1-3-9-15-13-6-4-5-11(13)7-8-12(16)10-14(17)18-2/h7-8,11,13,15H,3-6,9-10H2,1-2H3/b8-7-. The van der Waals surface area contributed by atoms with Crippen molar-refractivity contribution in [2.45, 2.75) is 45.1 Å². The SMILES string of the molecule is CCCNC1CCCC1/C=C\C(=O)CC(=O)OC. The minimum Gasteiger partial charge on any atom is -0.469 e. The van der Waals surface area contributed by atoms with Gasteiger partial charge in [-0.15, -0.1) is 0 Å². The average molecular weight is 253 g/mol. The van der Waals surface area contributed by atoms with E-state index in [1.165, 1.54) is 26.0 Å². The van der Waals surface area contributed by atoms with Gasteiger partial charge in [-0.05, 0) is 37.8 Å². The van der Waals surface area contributed by atoms with Crippen LogP contribution in [0.25, 0.3) is 0 Å². The lowest BCUT2D eigenvalue weighted by Crippen LogP contribution is -2.32. The zero-order valence-corrected chi connectivity index (χ0v) is 11.3. The molecule has 18 heavy (non-hydrogen) atoms. The van der Waals surface area contributed by atoms with Crippen molar-refractivity contribution >= 4 is 11.8 Å². The Bertz CT molecular complexity index is 312. The summed E-state index contributed by atoms with van der Waals surface area (Å²) in [4.78, 5) is 22.4. The third-order valence-corrected chi connectivity index (χ3v) is 3.30. The van der Waals surface area contributed by atoms with Crippen LogP contribution >= 0.6 is 0 Å². The van der Waals surface area contributed by atoms with E-state index in [0.717, 1.165) is 19.4 Å². The first kappa shape index (κ1) is 14.9. The molecular weight excluding hydrogens is 230 g/mol. The molecule has 0 bridgehead atoms. The number of esters is 1. The maximum atomic E-state index is 11.5. The van der Waals surface area contributed by atoms with Gasteiger partial charge in [-0.1, -0.05) is 19.4 Å². The Labute approximate surface area is 109 Å². The van der Waals surface area contributed by atoms with E-state index < -0.39 is 5.97 Å². The zero-order chi connectivity index (χ0) is 13.4. The summed E-state index contributed by atoms with van der Waals surface area (Å²) in [7, 11) is 1.29. The Morgan fingerprint density at radius 2 is 2.17 bits per heavy atom. The molecule has 0 aromatic carbocycles. The van der Waals surface area contributed by atoms with Gasteiger partial charge in [-0.3, -0.25) is 9.59 Å². The second-order valence-corrected chi connectivity index (χ2v) is 4.73. The van der Waals surface area contributed by atoms with Crippen molar-refractivity contribution in [2.75, 3.05) is 13.7 Å². The van der Waals surface area contributed by atoms with E-state index in [1.807, 2.05) is 6.08 Å². The van der Waals surface area contributed by atoms with E-state index in [1.54, 1.807) is 0 Å². The molecule has 0 aliphatic heterocycles. The summed E-state index contributed by atoms with van der Waals surface area (Å²) in [6, 6.07) is 0.479. The first-order valence-corrected chi connectivity index (χ1v) is 6.68. The van der Waals surface area contributed by atoms with Gasteiger partial charge in [0, 0.05) is 6.04 Å². The molecule has 102 valence electrons.